The molecule has 1 saturated heterocycles. The number of nitrogens with zero attached hydrogens (tertiary/aromatic N) is 3. The summed E-state index contributed by atoms with van der Waals surface area (Å²) in [6.45, 7) is 5.16. The first-order chi connectivity index (χ1) is 12.7. The molecule has 0 spiro atoms. The Morgan fingerprint density at radius 3 is 2.15 bits per heavy atom. The summed E-state index contributed by atoms with van der Waals surface area (Å²) in [6.07, 6.45) is -3.10. The van der Waals surface area contributed by atoms with Crippen LogP contribution in [0.15, 0.2) is 30.3 Å². The fourth-order valence-electron chi connectivity index (χ4n) is 3.18. The Labute approximate surface area is 155 Å². The lowest BCUT2D eigenvalue weighted by Gasteiger charge is -2.31. The molecule has 0 atom stereocenters. The van der Waals surface area contributed by atoms with Crippen molar-refractivity contribution in [1.82, 2.24) is 9.97 Å². The van der Waals surface area contributed by atoms with Crippen LogP contribution in [-0.4, -0.2) is 29.0 Å². The van der Waals surface area contributed by atoms with E-state index in [2.05, 4.69) is 20.2 Å². The van der Waals surface area contributed by atoms with E-state index in [0.717, 1.165) is 23.5 Å². The average Bonchev–Trinajstić information content (AvgIpc) is 2.61. The number of amides is 1. The first kappa shape index (κ1) is 19.1. The van der Waals surface area contributed by atoms with Crippen molar-refractivity contribution in [3.8, 4) is 0 Å². The van der Waals surface area contributed by atoms with Gasteiger partial charge < -0.3 is 10.2 Å². The third-order valence-corrected chi connectivity index (χ3v) is 4.60. The first-order valence-corrected chi connectivity index (χ1v) is 8.78. The Kier molecular flexibility index (Phi) is 5.34. The molecule has 1 N–H and O–H groups in total. The Morgan fingerprint density at radius 2 is 1.63 bits per heavy atom. The summed E-state index contributed by atoms with van der Waals surface area (Å²) < 4.78 is 37.8. The lowest BCUT2D eigenvalue weighted by Crippen LogP contribution is -2.39. The largest absolute Gasteiger partial charge is 0.416 e. The van der Waals surface area contributed by atoms with E-state index in [0.29, 0.717) is 37.6 Å². The van der Waals surface area contributed by atoms with Gasteiger partial charge in [0.2, 0.25) is 11.9 Å². The van der Waals surface area contributed by atoms with Crippen LogP contribution in [0.1, 0.15) is 29.8 Å². The second kappa shape index (κ2) is 7.54. The molecule has 3 rings (SSSR count). The van der Waals surface area contributed by atoms with Crippen molar-refractivity contribution in [2.45, 2.75) is 32.9 Å². The van der Waals surface area contributed by atoms with Gasteiger partial charge in [-0.3, -0.25) is 4.79 Å². The molecule has 1 aromatic heterocycles. The zero-order valence-electron chi connectivity index (χ0n) is 15.2. The van der Waals surface area contributed by atoms with Gasteiger partial charge in [-0.2, -0.15) is 13.2 Å². The summed E-state index contributed by atoms with van der Waals surface area (Å²) in [5.41, 5.74) is 1.44. The molecule has 1 fully saturated rings. The monoisotopic (exact) mass is 378 g/mol. The van der Waals surface area contributed by atoms with Gasteiger partial charge in [0.15, 0.2) is 0 Å². The van der Waals surface area contributed by atoms with E-state index in [9.17, 15) is 18.0 Å². The molecule has 1 amide bonds. The maximum atomic E-state index is 12.6. The maximum absolute atomic E-state index is 12.6. The van der Waals surface area contributed by atoms with Gasteiger partial charge in [-0.05, 0) is 57.0 Å². The number of alkyl halides is 3. The van der Waals surface area contributed by atoms with Crippen LogP contribution in [0.3, 0.4) is 0 Å². The van der Waals surface area contributed by atoms with Crippen LogP contribution in [0.4, 0.5) is 24.8 Å². The van der Waals surface area contributed by atoms with Crippen molar-refractivity contribution in [1.29, 1.82) is 0 Å². The van der Waals surface area contributed by atoms with Gasteiger partial charge in [-0.25, -0.2) is 9.97 Å². The number of rotatable bonds is 3. The topological polar surface area (TPSA) is 58.1 Å². The van der Waals surface area contributed by atoms with Crippen LogP contribution < -0.4 is 10.2 Å². The molecule has 2 heterocycles. The van der Waals surface area contributed by atoms with E-state index in [1.54, 1.807) is 0 Å². The predicted octanol–water partition coefficient (Wildman–Crippen LogP) is 3.97. The van der Waals surface area contributed by atoms with E-state index < -0.39 is 11.7 Å². The number of anilines is 2. The number of piperidine rings is 1. The number of nitrogens with one attached hydrogen (secondary N) is 1. The van der Waals surface area contributed by atoms with E-state index in [1.165, 1.54) is 12.1 Å². The highest BCUT2D eigenvalue weighted by Crippen LogP contribution is 2.30. The molecule has 1 aliphatic heterocycles. The van der Waals surface area contributed by atoms with E-state index in [4.69, 9.17) is 0 Å². The molecule has 8 heteroatoms. The highest BCUT2D eigenvalue weighted by molar-refractivity contribution is 5.92. The molecule has 1 aliphatic rings. The first-order valence-electron chi connectivity index (χ1n) is 8.78. The smallest absolute Gasteiger partial charge is 0.341 e. The Hall–Kier alpha value is -2.64. The zero-order chi connectivity index (χ0) is 19.6. The molecule has 144 valence electrons. The van der Waals surface area contributed by atoms with Crippen LogP contribution in [0.2, 0.25) is 0 Å². The van der Waals surface area contributed by atoms with Gasteiger partial charge in [-0.1, -0.05) is 0 Å². The third-order valence-electron chi connectivity index (χ3n) is 4.60. The molecular weight excluding hydrogens is 357 g/mol. The SMILES string of the molecule is Cc1cc(C)nc(N2CCC(C(=O)Nc3ccc(C(F)(F)F)cc3)CC2)n1. The van der Waals surface area contributed by atoms with Gasteiger partial charge in [-0.15, -0.1) is 0 Å². The summed E-state index contributed by atoms with van der Waals surface area (Å²) in [5, 5.41) is 2.71. The number of hydrogen-bond donors (Lipinski definition) is 1. The zero-order valence-corrected chi connectivity index (χ0v) is 15.2. The van der Waals surface area contributed by atoms with E-state index in [1.807, 2.05) is 19.9 Å². The van der Waals surface area contributed by atoms with Crippen molar-refractivity contribution >= 4 is 17.5 Å². The van der Waals surface area contributed by atoms with Gasteiger partial charge in [0.1, 0.15) is 0 Å². The van der Waals surface area contributed by atoms with Gasteiger partial charge in [0, 0.05) is 36.1 Å². The number of carbonyl (C=O) groups is 1. The maximum Gasteiger partial charge on any atom is 0.416 e. The lowest BCUT2D eigenvalue weighted by atomic mass is 9.96. The molecule has 27 heavy (non-hydrogen) atoms. The van der Waals surface area contributed by atoms with Gasteiger partial charge in [0.25, 0.3) is 0 Å². The number of hydrogen-bond acceptors (Lipinski definition) is 4. The summed E-state index contributed by atoms with van der Waals surface area (Å²) in [4.78, 5) is 23.4. The van der Waals surface area contributed by atoms with Crippen LogP contribution in [0, 0.1) is 19.8 Å². The number of aryl methyl sites for hydroxylation is 2. The van der Waals surface area contributed by atoms with Crippen LogP contribution in [-0.2, 0) is 11.0 Å². The molecular formula is C19H21F3N4O. The van der Waals surface area contributed by atoms with Crippen LogP contribution in [0.5, 0.6) is 0 Å². The summed E-state index contributed by atoms with van der Waals surface area (Å²) >= 11 is 0. The molecule has 0 aliphatic carbocycles. The number of aromatic nitrogens is 2. The van der Waals surface area contributed by atoms with Crippen molar-refractivity contribution < 1.29 is 18.0 Å². The fraction of sp³-hybridized carbons (Fsp3) is 0.421. The third kappa shape index (κ3) is 4.75. The highest BCUT2D eigenvalue weighted by Gasteiger charge is 2.30. The second-order valence-corrected chi connectivity index (χ2v) is 6.78. The van der Waals surface area contributed by atoms with Gasteiger partial charge in [0.05, 0.1) is 5.56 Å². The minimum absolute atomic E-state index is 0.171. The van der Waals surface area contributed by atoms with E-state index in [-0.39, 0.29) is 11.8 Å². The predicted molar refractivity (Wildman–Crippen MR) is 96.5 cm³/mol. The Balaban J connectivity index is 1.57. The standard InChI is InChI=1S/C19H21F3N4O/c1-12-11-13(2)24-18(23-12)26-9-7-14(8-10-26)17(27)25-16-5-3-15(4-6-16)19(20,21)22/h3-6,11,14H,7-10H2,1-2H3,(H,25,27). The molecule has 5 nitrogen and oxygen atoms in total. The average molecular weight is 378 g/mol. The number of halogens is 3. The van der Waals surface area contributed by atoms with Gasteiger partial charge >= 0.3 is 6.18 Å². The minimum Gasteiger partial charge on any atom is -0.341 e. The second-order valence-electron chi connectivity index (χ2n) is 6.78. The number of benzene rings is 1. The van der Waals surface area contributed by atoms with Crippen molar-refractivity contribution in [3.05, 3.63) is 47.3 Å². The van der Waals surface area contributed by atoms with Crippen molar-refractivity contribution in [2.75, 3.05) is 23.3 Å². The summed E-state index contributed by atoms with van der Waals surface area (Å²) in [5.74, 6) is 0.319. The molecule has 0 unspecified atom stereocenters. The molecule has 0 radical (unpaired) electrons. The van der Waals surface area contributed by atoms with Crippen molar-refractivity contribution in [3.63, 3.8) is 0 Å². The molecule has 1 aromatic carbocycles. The lowest BCUT2D eigenvalue weighted by molar-refractivity contribution is -0.137. The number of carbonyl (C=O) groups excluding carboxylic acids is 1. The summed E-state index contributed by atoms with van der Waals surface area (Å²) in [6, 6.07) is 6.40. The highest BCUT2D eigenvalue weighted by atomic mass is 19.4. The van der Waals surface area contributed by atoms with Crippen LogP contribution >= 0.6 is 0 Å². The quantitative estimate of drug-likeness (QED) is 0.878. The van der Waals surface area contributed by atoms with Crippen LogP contribution in [0.25, 0.3) is 0 Å². The molecule has 2 aromatic rings. The fourth-order valence-corrected chi connectivity index (χ4v) is 3.18. The Bertz CT molecular complexity index is 792. The van der Waals surface area contributed by atoms with Crippen molar-refractivity contribution in [2.24, 2.45) is 5.92 Å². The summed E-state index contributed by atoms with van der Waals surface area (Å²) in [7, 11) is 0. The molecule has 0 saturated carbocycles. The minimum atomic E-state index is -4.38. The van der Waals surface area contributed by atoms with E-state index >= 15 is 0 Å². The molecule has 0 bridgehead atoms. The normalized spacial score (nSPS) is 15.7. The Morgan fingerprint density at radius 1 is 1.07 bits per heavy atom.